The molecular formula is C24H37N3O4. The lowest BCUT2D eigenvalue weighted by Gasteiger charge is -2.35. The summed E-state index contributed by atoms with van der Waals surface area (Å²) < 4.78 is 5.30. The fraction of sp³-hybridized carbons (Fsp3) is 0.625. The van der Waals surface area contributed by atoms with Gasteiger partial charge >= 0.3 is 6.09 Å². The number of amides is 3. The molecule has 1 aromatic carbocycles. The Morgan fingerprint density at radius 1 is 1.10 bits per heavy atom. The number of aryl methyl sites for hydroxylation is 1. The van der Waals surface area contributed by atoms with E-state index in [1.165, 1.54) is 0 Å². The standard InChI is InChI=1S/C24H37N3O4/c1-14(2)25-21(28)20(18-12-10-9-11-15(18)3)27(19-13-16(19)4)22(29)17(5)26-23(30)31-24(6,7)8/h9-12,14,16-17,19-20H,13H2,1-8H3,(H,25,28)(H,26,30). The Morgan fingerprint density at radius 3 is 2.16 bits per heavy atom. The summed E-state index contributed by atoms with van der Waals surface area (Å²) in [5, 5.41) is 5.60. The fourth-order valence-corrected chi connectivity index (χ4v) is 3.62. The van der Waals surface area contributed by atoms with Gasteiger partial charge in [0.15, 0.2) is 0 Å². The predicted octanol–water partition coefficient (Wildman–Crippen LogP) is 3.71. The van der Waals surface area contributed by atoms with E-state index in [0.717, 1.165) is 17.5 Å². The lowest BCUT2D eigenvalue weighted by atomic mass is 9.97. The fourth-order valence-electron chi connectivity index (χ4n) is 3.62. The van der Waals surface area contributed by atoms with Crippen molar-refractivity contribution >= 4 is 17.9 Å². The van der Waals surface area contributed by atoms with Crippen molar-refractivity contribution in [3.05, 3.63) is 35.4 Å². The number of rotatable bonds is 7. The summed E-state index contributed by atoms with van der Waals surface area (Å²) in [6.07, 6.45) is 0.165. The first-order valence-electron chi connectivity index (χ1n) is 11.0. The van der Waals surface area contributed by atoms with Crippen LogP contribution in [0.15, 0.2) is 24.3 Å². The summed E-state index contributed by atoms with van der Waals surface area (Å²) in [7, 11) is 0. The van der Waals surface area contributed by atoms with Crippen molar-refractivity contribution in [2.75, 3.05) is 0 Å². The minimum absolute atomic E-state index is 0.0575. The number of alkyl carbamates (subject to hydrolysis) is 1. The smallest absolute Gasteiger partial charge is 0.408 e. The largest absolute Gasteiger partial charge is 0.444 e. The molecule has 1 aliphatic rings. The first-order chi connectivity index (χ1) is 14.3. The van der Waals surface area contributed by atoms with Crippen LogP contribution in [0.25, 0.3) is 0 Å². The summed E-state index contributed by atoms with van der Waals surface area (Å²) in [5.41, 5.74) is 1.06. The maximum absolute atomic E-state index is 13.6. The molecule has 7 heteroatoms. The average molecular weight is 432 g/mol. The molecule has 1 aromatic rings. The molecule has 0 saturated heterocycles. The van der Waals surface area contributed by atoms with E-state index in [1.54, 1.807) is 32.6 Å². The highest BCUT2D eigenvalue weighted by atomic mass is 16.6. The van der Waals surface area contributed by atoms with Gasteiger partial charge in [-0.3, -0.25) is 9.59 Å². The molecule has 1 aliphatic carbocycles. The highest BCUT2D eigenvalue weighted by molar-refractivity contribution is 5.92. The van der Waals surface area contributed by atoms with Gasteiger partial charge in [-0.15, -0.1) is 0 Å². The Labute approximate surface area is 185 Å². The van der Waals surface area contributed by atoms with Crippen LogP contribution in [0.5, 0.6) is 0 Å². The molecule has 172 valence electrons. The number of hydrogen-bond donors (Lipinski definition) is 2. The third-order valence-electron chi connectivity index (χ3n) is 5.22. The highest BCUT2D eigenvalue weighted by Gasteiger charge is 2.47. The van der Waals surface area contributed by atoms with Crippen LogP contribution in [0.3, 0.4) is 0 Å². The molecular weight excluding hydrogens is 394 g/mol. The number of nitrogens with one attached hydrogen (secondary N) is 2. The third-order valence-corrected chi connectivity index (χ3v) is 5.22. The van der Waals surface area contributed by atoms with Gasteiger partial charge in [-0.25, -0.2) is 4.79 Å². The molecule has 2 rings (SSSR count). The molecule has 1 fully saturated rings. The molecule has 1 saturated carbocycles. The molecule has 0 radical (unpaired) electrons. The van der Waals surface area contributed by atoms with E-state index in [1.807, 2.05) is 45.0 Å². The topological polar surface area (TPSA) is 87.7 Å². The van der Waals surface area contributed by atoms with E-state index in [2.05, 4.69) is 17.6 Å². The van der Waals surface area contributed by atoms with Crippen molar-refractivity contribution < 1.29 is 19.1 Å². The van der Waals surface area contributed by atoms with Crippen LogP contribution in [0.4, 0.5) is 4.79 Å². The number of ether oxygens (including phenoxy) is 1. The molecule has 0 bridgehead atoms. The predicted molar refractivity (Wildman–Crippen MR) is 120 cm³/mol. The van der Waals surface area contributed by atoms with Crippen LogP contribution in [0.1, 0.15) is 72.1 Å². The summed E-state index contributed by atoms with van der Waals surface area (Å²) >= 11 is 0. The van der Waals surface area contributed by atoms with Crippen molar-refractivity contribution in [3.8, 4) is 0 Å². The Balaban J connectivity index is 2.38. The number of carbonyl (C=O) groups is 3. The van der Waals surface area contributed by atoms with Gasteiger partial charge in [0, 0.05) is 12.1 Å². The molecule has 0 aliphatic heterocycles. The van der Waals surface area contributed by atoms with Gasteiger partial charge in [0.05, 0.1) is 0 Å². The summed E-state index contributed by atoms with van der Waals surface area (Å²) in [5.74, 6) is -0.232. The quantitative estimate of drug-likeness (QED) is 0.689. The SMILES string of the molecule is Cc1ccccc1C(C(=O)NC(C)C)N(C(=O)C(C)NC(=O)OC(C)(C)C)C1CC1C. The lowest BCUT2D eigenvalue weighted by molar-refractivity contribution is -0.143. The molecule has 0 heterocycles. The van der Waals surface area contributed by atoms with Gasteiger partial charge in [0.2, 0.25) is 11.8 Å². The Hall–Kier alpha value is -2.57. The zero-order valence-electron chi connectivity index (χ0n) is 20.0. The third kappa shape index (κ3) is 6.71. The van der Waals surface area contributed by atoms with Crippen LogP contribution in [-0.4, -0.2) is 46.5 Å². The number of carbonyl (C=O) groups excluding carboxylic acids is 3. The minimum atomic E-state index is -0.832. The lowest BCUT2D eigenvalue weighted by Crippen LogP contribution is -2.53. The minimum Gasteiger partial charge on any atom is -0.444 e. The van der Waals surface area contributed by atoms with Gasteiger partial charge in [-0.2, -0.15) is 0 Å². The van der Waals surface area contributed by atoms with Crippen molar-refractivity contribution in [2.24, 2.45) is 5.92 Å². The second-order valence-electron chi connectivity index (χ2n) is 9.82. The molecule has 4 unspecified atom stereocenters. The second-order valence-corrected chi connectivity index (χ2v) is 9.82. The van der Waals surface area contributed by atoms with E-state index < -0.39 is 23.8 Å². The number of benzene rings is 1. The van der Waals surface area contributed by atoms with Crippen LogP contribution < -0.4 is 10.6 Å². The van der Waals surface area contributed by atoms with E-state index in [4.69, 9.17) is 4.74 Å². The Morgan fingerprint density at radius 2 is 1.68 bits per heavy atom. The summed E-state index contributed by atoms with van der Waals surface area (Å²) in [6.45, 7) is 14.7. The Bertz CT molecular complexity index is 815. The van der Waals surface area contributed by atoms with E-state index in [9.17, 15) is 14.4 Å². The zero-order valence-corrected chi connectivity index (χ0v) is 20.0. The maximum atomic E-state index is 13.6. The maximum Gasteiger partial charge on any atom is 0.408 e. The van der Waals surface area contributed by atoms with E-state index in [0.29, 0.717) is 0 Å². The molecule has 4 atom stereocenters. The van der Waals surface area contributed by atoms with Gasteiger partial charge in [0.1, 0.15) is 17.7 Å². The van der Waals surface area contributed by atoms with Crippen molar-refractivity contribution in [3.63, 3.8) is 0 Å². The van der Waals surface area contributed by atoms with Gasteiger partial charge in [-0.05, 0) is 71.9 Å². The molecule has 7 nitrogen and oxygen atoms in total. The van der Waals surface area contributed by atoms with Crippen LogP contribution in [-0.2, 0) is 14.3 Å². The van der Waals surface area contributed by atoms with E-state index >= 15 is 0 Å². The molecule has 0 aromatic heterocycles. The number of hydrogen-bond acceptors (Lipinski definition) is 4. The van der Waals surface area contributed by atoms with Crippen LogP contribution >= 0.6 is 0 Å². The highest BCUT2D eigenvalue weighted by Crippen LogP contribution is 2.41. The number of nitrogens with zero attached hydrogens (tertiary/aromatic N) is 1. The molecule has 3 amide bonds. The monoisotopic (exact) mass is 431 g/mol. The first-order valence-corrected chi connectivity index (χ1v) is 11.0. The van der Waals surface area contributed by atoms with E-state index in [-0.39, 0.29) is 29.8 Å². The zero-order chi connectivity index (χ0) is 23.5. The molecule has 2 N–H and O–H groups in total. The first kappa shape index (κ1) is 24.7. The van der Waals surface area contributed by atoms with Crippen molar-refractivity contribution in [2.45, 2.75) is 91.6 Å². The average Bonchev–Trinajstić information content (AvgIpc) is 3.33. The molecule has 31 heavy (non-hydrogen) atoms. The summed E-state index contributed by atoms with van der Waals surface area (Å²) in [6, 6.07) is 5.89. The van der Waals surface area contributed by atoms with Crippen LogP contribution in [0, 0.1) is 12.8 Å². The second kappa shape index (κ2) is 9.71. The Kier molecular flexibility index (Phi) is 7.73. The normalized spacial score (nSPS) is 19.9. The van der Waals surface area contributed by atoms with Crippen molar-refractivity contribution in [1.82, 2.24) is 15.5 Å². The van der Waals surface area contributed by atoms with Gasteiger partial charge < -0.3 is 20.3 Å². The molecule has 0 spiro atoms. The van der Waals surface area contributed by atoms with Crippen LogP contribution in [0.2, 0.25) is 0 Å². The van der Waals surface area contributed by atoms with Gasteiger partial charge in [0.25, 0.3) is 0 Å². The van der Waals surface area contributed by atoms with Gasteiger partial charge in [-0.1, -0.05) is 31.2 Å². The van der Waals surface area contributed by atoms with Crippen molar-refractivity contribution in [1.29, 1.82) is 0 Å². The summed E-state index contributed by atoms with van der Waals surface area (Å²) in [4.78, 5) is 40.8.